The third-order valence-electron chi connectivity index (χ3n) is 13.9. The van der Waals surface area contributed by atoms with Crippen LogP contribution in [0, 0.1) is 5.92 Å². The zero-order valence-electron chi connectivity index (χ0n) is 58.7. The monoisotopic (exact) mass is 1400 g/mol. The Hall–Kier alpha value is -11.4. The summed E-state index contributed by atoms with van der Waals surface area (Å²) in [6.45, 7) is 26.6. The second kappa shape index (κ2) is 32.1. The number of carbonyl (C=O) groups excluding carboxylic acids is 12. The van der Waals surface area contributed by atoms with Crippen molar-refractivity contribution >= 4 is 120 Å². The summed E-state index contributed by atoms with van der Waals surface area (Å²) in [7, 11) is 0. The molecule has 0 fully saturated rings. The van der Waals surface area contributed by atoms with Crippen molar-refractivity contribution in [3.63, 3.8) is 0 Å². The molecule has 1 aliphatic rings. The number of fused-ring (bicyclic) bond motifs is 6. The Morgan fingerprint density at radius 2 is 0.762 bits per heavy atom. The number of aliphatic carboxylic acids is 1. The molecule has 1 aliphatic carbocycles. The fourth-order valence-corrected chi connectivity index (χ4v) is 9.14. The van der Waals surface area contributed by atoms with Crippen LogP contribution < -0.4 is 41.0 Å². The first-order chi connectivity index (χ1) is 46.9. The number of ether oxygens (including phenoxy) is 7. The Kier molecular flexibility index (Phi) is 25.0. The molecular weight excluding hydrogens is 1320 g/mol. The van der Waals surface area contributed by atoms with Crippen molar-refractivity contribution in [1.29, 1.82) is 0 Å². The lowest BCUT2D eigenvalue weighted by Crippen LogP contribution is -2.43. The summed E-state index contributed by atoms with van der Waals surface area (Å²) in [4.78, 5) is 156. The molecule has 0 spiro atoms. The molecule has 8 aromatic rings. The number of benzene rings is 5. The number of carboxylic acid groups (broad SMARTS) is 1. The van der Waals surface area contributed by atoms with Crippen LogP contribution in [0.2, 0.25) is 0 Å². The van der Waals surface area contributed by atoms with Crippen molar-refractivity contribution in [2.45, 2.75) is 165 Å². The van der Waals surface area contributed by atoms with Crippen LogP contribution in [0.1, 0.15) is 188 Å². The maximum absolute atomic E-state index is 13.1. The van der Waals surface area contributed by atoms with Gasteiger partial charge in [0.05, 0.1) is 28.7 Å². The molecule has 3 aromatic heterocycles. The van der Waals surface area contributed by atoms with E-state index < -0.39 is 101 Å². The van der Waals surface area contributed by atoms with E-state index >= 15 is 0 Å². The van der Waals surface area contributed by atoms with E-state index in [0.29, 0.717) is 38.1 Å². The lowest BCUT2D eigenvalue weighted by molar-refractivity contribution is -0.159. The second-order valence-corrected chi connectivity index (χ2v) is 26.4. The van der Waals surface area contributed by atoms with Gasteiger partial charge in [-0.1, -0.05) is 79.7 Å². The summed E-state index contributed by atoms with van der Waals surface area (Å²) in [5.41, 5.74) is 10.0. The first-order valence-electron chi connectivity index (χ1n) is 31.5. The molecule has 5 atom stereocenters. The number of alkyl carbamates (subject to hydrolysis) is 2. The Bertz CT molecular complexity index is 4360. The van der Waals surface area contributed by atoms with E-state index in [1.807, 2.05) is 0 Å². The van der Waals surface area contributed by atoms with Gasteiger partial charge in [-0.05, 0) is 108 Å². The number of esters is 5. The standard InChI is InChI=1S/C30H36N2O10.C20H20N2O6.C14H8O4.C9H16O4/c1-15(31-27(36)41-29(4,5)6)25(34)39-22-18-12-10-11-13-19(18)23(24-20(22)14-21(38-24)17(3)33)40-26(35)16(2)32-28(37)42-30(7,8)9;1-9(21)19(24)27-16-12-6-4-5-7-13(12)17(28-20(25)10(2)22)18-14(16)8-15(26-18)11(3)23;1-7(15)11-6-10-12(16)8-4-2-3-5-9(8)13(17)14(10)18-11;1-6(8(11)12)5-7(10)13-9(2,3)4/h10-16H,1-9H3,(H,31,36)(H,32,37);4-10H,21-22H2,1-3H3;2-6H,1H3;6H,5H2,1-4H3,(H,11,12)/t15-,16-;9-,10-;;6-/m00.1/s1. The van der Waals surface area contributed by atoms with Gasteiger partial charge in [-0.15, -0.1) is 0 Å². The number of amides is 2. The van der Waals surface area contributed by atoms with Crippen LogP contribution in [0.5, 0.6) is 23.0 Å². The molecular formula is C73H80N4O24. The van der Waals surface area contributed by atoms with Crippen LogP contribution in [-0.2, 0) is 43.0 Å². The van der Waals surface area contributed by atoms with Crippen molar-refractivity contribution in [3.8, 4) is 23.0 Å². The minimum absolute atomic E-state index is 0.0272. The summed E-state index contributed by atoms with van der Waals surface area (Å²) >= 11 is 0. The molecule has 536 valence electrons. The third kappa shape index (κ3) is 20.4. The molecule has 28 nitrogen and oxygen atoms in total. The van der Waals surface area contributed by atoms with Crippen LogP contribution in [0.25, 0.3) is 43.5 Å². The molecule has 28 heteroatoms. The summed E-state index contributed by atoms with van der Waals surface area (Å²) < 4.78 is 54.4. The maximum Gasteiger partial charge on any atom is 0.408 e. The first-order valence-corrected chi connectivity index (χ1v) is 31.5. The van der Waals surface area contributed by atoms with E-state index in [-0.39, 0.29) is 97.7 Å². The van der Waals surface area contributed by atoms with Crippen LogP contribution in [-0.4, -0.2) is 123 Å². The fraction of sp³-hybridized carbons (Fsp3) is 0.356. The van der Waals surface area contributed by atoms with Crippen LogP contribution in [0.15, 0.2) is 104 Å². The molecule has 9 rings (SSSR count). The largest absolute Gasteiger partial charge is 0.481 e. The van der Waals surface area contributed by atoms with E-state index in [1.165, 1.54) is 73.6 Å². The van der Waals surface area contributed by atoms with Crippen LogP contribution in [0.4, 0.5) is 9.59 Å². The molecule has 0 bridgehead atoms. The highest BCUT2D eigenvalue weighted by Gasteiger charge is 2.35. The summed E-state index contributed by atoms with van der Waals surface area (Å²) in [6.07, 6.45) is -1.69. The van der Waals surface area contributed by atoms with Gasteiger partial charge in [0.2, 0.25) is 5.78 Å². The lowest BCUT2D eigenvalue weighted by Gasteiger charge is -2.22. The third-order valence-corrected chi connectivity index (χ3v) is 13.9. The van der Waals surface area contributed by atoms with E-state index in [0.717, 1.165) is 0 Å². The number of nitrogens with two attached hydrogens (primary N) is 2. The minimum Gasteiger partial charge on any atom is -0.481 e. The van der Waals surface area contributed by atoms with Crippen molar-refractivity contribution in [2.24, 2.45) is 17.4 Å². The van der Waals surface area contributed by atoms with Gasteiger partial charge in [-0.2, -0.15) is 0 Å². The zero-order chi connectivity index (χ0) is 75.7. The summed E-state index contributed by atoms with van der Waals surface area (Å²) in [5, 5.41) is 15.5. The fourth-order valence-electron chi connectivity index (χ4n) is 9.14. The predicted molar refractivity (Wildman–Crippen MR) is 364 cm³/mol. The number of Topliss-reactive ketones (excluding diaryl/α,β-unsaturated/α-hetero) is 3. The second-order valence-electron chi connectivity index (χ2n) is 26.4. The van der Waals surface area contributed by atoms with Gasteiger partial charge < -0.3 is 73.6 Å². The van der Waals surface area contributed by atoms with E-state index in [2.05, 4.69) is 10.6 Å². The average molecular weight is 1400 g/mol. The van der Waals surface area contributed by atoms with Crippen LogP contribution in [0.3, 0.4) is 0 Å². The zero-order valence-corrected chi connectivity index (χ0v) is 58.7. The summed E-state index contributed by atoms with van der Waals surface area (Å²) in [5.74, 6) is -6.63. The van der Waals surface area contributed by atoms with Gasteiger partial charge in [0.25, 0.3) is 0 Å². The topological polar surface area (TPSA) is 422 Å². The highest BCUT2D eigenvalue weighted by molar-refractivity contribution is 6.28. The Labute approximate surface area is 578 Å². The van der Waals surface area contributed by atoms with E-state index in [4.69, 9.17) is 63.0 Å². The number of hydrogen-bond donors (Lipinski definition) is 5. The molecule has 101 heavy (non-hydrogen) atoms. The average Bonchev–Trinajstić information content (AvgIpc) is 1.69. The van der Waals surface area contributed by atoms with Crippen molar-refractivity contribution in [1.82, 2.24) is 10.6 Å². The van der Waals surface area contributed by atoms with Crippen molar-refractivity contribution in [3.05, 3.63) is 131 Å². The van der Waals surface area contributed by atoms with E-state index in [9.17, 15) is 62.3 Å². The Balaban J connectivity index is 0.000000232. The molecule has 0 unspecified atom stereocenters. The lowest BCUT2D eigenvalue weighted by atomic mass is 9.88. The number of furan rings is 3. The van der Waals surface area contributed by atoms with Gasteiger partial charge in [-0.3, -0.25) is 33.6 Å². The Morgan fingerprint density at radius 3 is 1.12 bits per heavy atom. The van der Waals surface area contributed by atoms with Gasteiger partial charge in [0, 0.05) is 53.4 Å². The van der Waals surface area contributed by atoms with Crippen LogP contribution >= 0.6 is 0 Å². The maximum atomic E-state index is 13.1. The number of nitrogens with one attached hydrogen (secondary N) is 2. The van der Waals surface area contributed by atoms with Gasteiger partial charge in [0.1, 0.15) is 52.5 Å². The molecule has 3 heterocycles. The smallest absolute Gasteiger partial charge is 0.408 e. The number of carboxylic acids is 1. The SMILES string of the molecule is CC(=O)c1cc2c(OC(=O)[C@H](C)N)c3ccccc3c(OC(=O)[C@H](C)N)c2o1.CC(=O)c1cc2c(OC(=O)[C@H](C)NC(=O)OC(C)(C)C)c3ccccc3c(OC(=O)[C@H](C)NC(=O)OC(C)(C)C)c2o1.CC(=O)c1cc2c(o1)C(=O)c1ccccc1C2=O.C[C@H](CC(=O)OC(C)(C)C)C(=O)O. The van der Waals surface area contributed by atoms with Crippen molar-refractivity contribution in [2.75, 3.05) is 0 Å². The van der Waals surface area contributed by atoms with Crippen molar-refractivity contribution < 1.29 is 114 Å². The number of carbonyl (C=O) groups is 13. The van der Waals surface area contributed by atoms with E-state index in [1.54, 1.807) is 135 Å². The van der Waals surface area contributed by atoms with Gasteiger partial charge >= 0.3 is 48.0 Å². The molecule has 5 aromatic carbocycles. The van der Waals surface area contributed by atoms with Gasteiger partial charge in [-0.25, -0.2) is 28.8 Å². The highest BCUT2D eigenvalue weighted by Crippen LogP contribution is 2.46. The molecule has 7 N–H and O–H groups in total. The molecule has 0 saturated heterocycles. The number of hydrogen-bond acceptors (Lipinski definition) is 25. The minimum atomic E-state index is -1.12. The molecule has 0 saturated carbocycles. The predicted octanol–water partition coefficient (Wildman–Crippen LogP) is 11.4. The highest BCUT2D eigenvalue weighted by atomic mass is 16.6. The molecule has 2 amide bonds. The first kappa shape index (κ1) is 78.6. The quantitative estimate of drug-likeness (QED) is 0.0260. The Morgan fingerprint density at radius 1 is 0.436 bits per heavy atom. The summed E-state index contributed by atoms with van der Waals surface area (Å²) in [6, 6.07) is 20.2. The molecule has 0 radical (unpaired) electrons. The molecule has 0 aliphatic heterocycles. The normalized spacial score (nSPS) is 13.3. The number of ketones is 5. The van der Waals surface area contributed by atoms with Gasteiger partial charge in [0.15, 0.2) is 68.8 Å². The number of rotatable bonds is 16.